The van der Waals surface area contributed by atoms with Gasteiger partial charge in [0, 0.05) is 6.07 Å². The van der Waals surface area contributed by atoms with Gasteiger partial charge in [0.1, 0.15) is 16.7 Å². The van der Waals surface area contributed by atoms with Crippen LogP contribution in [0.5, 0.6) is 0 Å². The van der Waals surface area contributed by atoms with Crippen molar-refractivity contribution in [1.82, 2.24) is 15.1 Å². The Morgan fingerprint density at radius 1 is 1.29 bits per heavy atom. The summed E-state index contributed by atoms with van der Waals surface area (Å²) in [6.45, 7) is 3.62. The summed E-state index contributed by atoms with van der Waals surface area (Å²) >= 11 is 5.82. The molecule has 0 aliphatic rings. The van der Waals surface area contributed by atoms with Crippen LogP contribution in [0, 0.1) is 13.8 Å². The molecule has 0 fully saturated rings. The maximum absolute atomic E-state index is 5.82. The normalized spacial score (nSPS) is 10.5. The molecule has 2 aromatic heterocycles. The molecule has 0 atom stereocenters. The van der Waals surface area contributed by atoms with Gasteiger partial charge in [-0.15, -0.1) is 0 Å². The van der Waals surface area contributed by atoms with Gasteiger partial charge >= 0.3 is 0 Å². The molecule has 0 bridgehead atoms. The first-order valence-electron chi connectivity index (χ1n) is 4.09. The van der Waals surface area contributed by atoms with Crippen LogP contribution in [0.1, 0.15) is 11.6 Å². The maximum atomic E-state index is 5.82. The van der Waals surface area contributed by atoms with E-state index in [4.69, 9.17) is 16.1 Å². The second-order valence-corrected chi connectivity index (χ2v) is 3.31. The van der Waals surface area contributed by atoms with E-state index < -0.39 is 0 Å². The SMILES string of the molecule is Cc1nc(Cl)cc(-c2cnoc2C)n1. The highest BCUT2D eigenvalue weighted by Crippen LogP contribution is 2.22. The van der Waals surface area contributed by atoms with Gasteiger partial charge in [-0.3, -0.25) is 0 Å². The van der Waals surface area contributed by atoms with Crippen LogP contribution in [-0.2, 0) is 0 Å². The monoisotopic (exact) mass is 209 g/mol. The summed E-state index contributed by atoms with van der Waals surface area (Å²) in [7, 11) is 0. The van der Waals surface area contributed by atoms with Gasteiger partial charge in [0.2, 0.25) is 0 Å². The zero-order valence-electron chi connectivity index (χ0n) is 7.78. The van der Waals surface area contributed by atoms with Gasteiger partial charge in [-0.2, -0.15) is 0 Å². The average Bonchev–Trinajstić information content (AvgIpc) is 2.49. The number of aromatic nitrogens is 3. The predicted octanol–water partition coefficient (Wildman–Crippen LogP) is 2.40. The van der Waals surface area contributed by atoms with Crippen molar-refractivity contribution in [2.45, 2.75) is 13.8 Å². The maximum Gasteiger partial charge on any atom is 0.143 e. The Kier molecular flexibility index (Phi) is 2.21. The van der Waals surface area contributed by atoms with E-state index in [1.807, 2.05) is 6.92 Å². The molecule has 2 aromatic rings. The third kappa shape index (κ3) is 1.61. The van der Waals surface area contributed by atoms with Gasteiger partial charge in [-0.25, -0.2) is 9.97 Å². The standard InChI is InChI=1S/C9H8ClN3O/c1-5-7(4-11-14-5)8-3-9(10)13-6(2)12-8/h3-4H,1-2H3. The first kappa shape index (κ1) is 9.15. The number of halogens is 1. The van der Waals surface area contributed by atoms with Crippen molar-refractivity contribution in [2.24, 2.45) is 0 Å². The van der Waals surface area contributed by atoms with Crippen LogP contribution in [0.25, 0.3) is 11.3 Å². The molecule has 0 aromatic carbocycles. The fourth-order valence-electron chi connectivity index (χ4n) is 1.21. The molecule has 5 heteroatoms. The number of nitrogens with zero attached hydrogens (tertiary/aromatic N) is 3. The minimum absolute atomic E-state index is 0.424. The largest absolute Gasteiger partial charge is 0.361 e. The topological polar surface area (TPSA) is 51.8 Å². The van der Waals surface area contributed by atoms with Crippen molar-refractivity contribution in [1.29, 1.82) is 0 Å². The summed E-state index contributed by atoms with van der Waals surface area (Å²) in [6, 6.07) is 1.69. The lowest BCUT2D eigenvalue weighted by atomic mass is 10.2. The third-order valence-corrected chi connectivity index (χ3v) is 2.03. The second kappa shape index (κ2) is 3.38. The Balaban J connectivity index is 2.57. The van der Waals surface area contributed by atoms with Gasteiger partial charge in [0.25, 0.3) is 0 Å². The van der Waals surface area contributed by atoms with Gasteiger partial charge in [-0.05, 0) is 13.8 Å². The van der Waals surface area contributed by atoms with Crippen LogP contribution >= 0.6 is 11.6 Å². The van der Waals surface area contributed by atoms with Crippen molar-refractivity contribution >= 4 is 11.6 Å². The molecule has 14 heavy (non-hydrogen) atoms. The van der Waals surface area contributed by atoms with Gasteiger partial charge < -0.3 is 4.52 Å². The minimum atomic E-state index is 0.424. The highest BCUT2D eigenvalue weighted by molar-refractivity contribution is 6.29. The third-order valence-electron chi connectivity index (χ3n) is 1.83. The predicted molar refractivity (Wildman–Crippen MR) is 52.0 cm³/mol. The van der Waals surface area contributed by atoms with Crippen molar-refractivity contribution in [3.8, 4) is 11.3 Å². The zero-order valence-corrected chi connectivity index (χ0v) is 8.54. The number of aryl methyl sites for hydroxylation is 2. The van der Waals surface area contributed by atoms with E-state index in [1.54, 1.807) is 19.2 Å². The molecule has 0 saturated carbocycles. The van der Waals surface area contributed by atoms with Crippen molar-refractivity contribution in [2.75, 3.05) is 0 Å². The van der Waals surface area contributed by atoms with E-state index in [2.05, 4.69) is 15.1 Å². The Morgan fingerprint density at radius 2 is 2.07 bits per heavy atom. The van der Waals surface area contributed by atoms with E-state index in [0.717, 1.165) is 17.0 Å². The molecular weight excluding hydrogens is 202 g/mol. The molecule has 0 saturated heterocycles. The molecular formula is C9H8ClN3O. The lowest BCUT2D eigenvalue weighted by molar-refractivity contribution is 0.398. The quantitative estimate of drug-likeness (QED) is 0.677. The van der Waals surface area contributed by atoms with Crippen LogP contribution in [0.15, 0.2) is 16.8 Å². The van der Waals surface area contributed by atoms with Crippen LogP contribution in [0.4, 0.5) is 0 Å². The Labute approximate surface area is 85.9 Å². The van der Waals surface area contributed by atoms with Crippen molar-refractivity contribution < 1.29 is 4.52 Å². The smallest absolute Gasteiger partial charge is 0.143 e. The van der Waals surface area contributed by atoms with Crippen LogP contribution in [-0.4, -0.2) is 15.1 Å². The van der Waals surface area contributed by atoms with E-state index in [9.17, 15) is 0 Å². The number of hydrogen-bond acceptors (Lipinski definition) is 4. The number of rotatable bonds is 1. The summed E-state index contributed by atoms with van der Waals surface area (Å²) in [5.74, 6) is 1.35. The second-order valence-electron chi connectivity index (χ2n) is 2.92. The number of hydrogen-bond donors (Lipinski definition) is 0. The molecule has 0 spiro atoms. The zero-order chi connectivity index (χ0) is 10.1. The molecule has 0 N–H and O–H groups in total. The van der Waals surface area contributed by atoms with E-state index in [1.165, 1.54) is 0 Å². The minimum Gasteiger partial charge on any atom is -0.361 e. The fraction of sp³-hybridized carbons (Fsp3) is 0.222. The summed E-state index contributed by atoms with van der Waals surface area (Å²) in [5.41, 5.74) is 1.58. The summed E-state index contributed by atoms with van der Waals surface area (Å²) in [4.78, 5) is 8.22. The highest BCUT2D eigenvalue weighted by atomic mass is 35.5. The summed E-state index contributed by atoms with van der Waals surface area (Å²) < 4.78 is 4.95. The van der Waals surface area contributed by atoms with Crippen LogP contribution < -0.4 is 0 Å². The van der Waals surface area contributed by atoms with Gasteiger partial charge in [0.15, 0.2) is 0 Å². The van der Waals surface area contributed by atoms with Gasteiger partial charge in [-0.1, -0.05) is 16.8 Å². The fourth-order valence-corrected chi connectivity index (χ4v) is 1.44. The van der Waals surface area contributed by atoms with Crippen LogP contribution in [0.3, 0.4) is 0 Å². The molecule has 0 amide bonds. The lowest BCUT2D eigenvalue weighted by Gasteiger charge is -1.99. The van der Waals surface area contributed by atoms with E-state index in [-0.39, 0.29) is 0 Å². The Hall–Kier alpha value is -1.42. The molecule has 0 radical (unpaired) electrons. The van der Waals surface area contributed by atoms with Crippen molar-refractivity contribution in [3.05, 3.63) is 29.0 Å². The van der Waals surface area contributed by atoms with E-state index in [0.29, 0.717) is 11.0 Å². The lowest BCUT2D eigenvalue weighted by Crippen LogP contribution is -1.91. The first-order chi connectivity index (χ1) is 6.66. The highest BCUT2D eigenvalue weighted by Gasteiger charge is 2.09. The van der Waals surface area contributed by atoms with Gasteiger partial charge in [0.05, 0.1) is 17.5 Å². The summed E-state index contributed by atoms with van der Waals surface area (Å²) in [6.07, 6.45) is 1.62. The van der Waals surface area contributed by atoms with Crippen molar-refractivity contribution in [3.63, 3.8) is 0 Å². The Bertz CT molecular complexity index is 447. The Morgan fingerprint density at radius 3 is 2.64 bits per heavy atom. The first-order valence-corrected chi connectivity index (χ1v) is 4.47. The van der Waals surface area contributed by atoms with E-state index >= 15 is 0 Å². The molecule has 0 unspecified atom stereocenters. The molecule has 0 aliphatic carbocycles. The summed E-state index contributed by atoms with van der Waals surface area (Å²) in [5, 5.41) is 4.10. The molecule has 2 rings (SSSR count). The average molecular weight is 210 g/mol. The molecule has 4 nitrogen and oxygen atoms in total. The molecule has 72 valence electrons. The van der Waals surface area contributed by atoms with Crippen LogP contribution in [0.2, 0.25) is 5.15 Å². The molecule has 2 heterocycles. The molecule has 0 aliphatic heterocycles.